The lowest BCUT2D eigenvalue weighted by Crippen LogP contribution is -2.32. The summed E-state index contributed by atoms with van der Waals surface area (Å²) in [6, 6.07) is 10.8. The fourth-order valence-corrected chi connectivity index (χ4v) is 3.77. The lowest BCUT2D eigenvalue weighted by molar-refractivity contribution is 0.482. The van der Waals surface area contributed by atoms with Crippen molar-refractivity contribution in [1.29, 1.82) is 0 Å². The topological polar surface area (TPSA) is 105 Å². The quantitative estimate of drug-likeness (QED) is 0.734. The minimum Gasteiger partial charge on any atom is -0.356 e. The van der Waals surface area contributed by atoms with E-state index in [1.54, 1.807) is 0 Å². The normalized spacial score (nSPS) is 12.1. The molecular weight excluding hydrogens is 352 g/mol. The predicted octanol–water partition coefficient (Wildman–Crippen LogP) is 1.38. The first kappa shape index (κ1) is 18.4. The number of hydrogen-bond donors (Lipinski definition) is 1. The maximum atomic E-state index is 11.7. The molecule has 2 aromatic rings. The highest BCUT2D eigenvalue weighted by Gasteiger charge is 2.22. The minimum atomic E-state index is -4.52. The van der Waals surface area contributed by atoms with E-state index in [2.05, 4.69) is 4.98 Å². The Bertz CT molecular complexity index is 896. The van der Waals surface area contributed by atoms with E-state index in [-0.39, 0.29) is 18.1 Å². The second kappa shape index (κ2) is 7.29. The number of nitrogens with zero attached hydrogens (tertiary/aromatic N) is 2. The molecule has 1 heterocycles. The molecule has 1 N–H and O–H groups in total. The van der Waals surface area contributed by atoms with Crippen molar-refractivity contribution >= 4 is 25.6 Å². The van der Waals surface area contributed by atoms with E-state index in [0.29, 0.717) is 6.42 Å². The Morgan fingerprint density at radius 2 is 1.75 bits per heavy atom. The van der Waals surface area contributed by atoms with E-state index in [1.807, 2.05) is 30.3 Å². The molecule has 7 nitrogen and oxygen atoms in total. The molecule has 0 radical (unpaired) electrons. The van der Waals surface area contributed by atoms with Gasteiger partial charge in [0.25, 0.3) is 10.1 Å². The first-order chi connectivity index (χ1) is 11.2. The standard InChI is InChI=1S/C15H18N2O5S2/c1-23(18,19)12-17(10-8-13-5-3-2-4-6-13)14-7-9-16-11-15(14)24(20,21)22/h2-7,9,11H,8,10,12H2,1H3,(H,20,21,22). The zero-order valence-electron chi connectivity index (χ0n) is 13.0. The Balaban J connectivity index is 2.37. The Kier molecular flexibility index (Phi) is 5.58. The van der Waals surface area contributed by atoms with Gasteiger partial charge in [-0.3, -0.25) is 9.54 Å². The molecule has 1 aromatic heterocycles. The van der Waals surface area contributed by atoms with Crippen LogP contribution in [0.25, 0.3) is 0 Å². The van der Waals surface area contributed by atoms with E-state index in [4.69, 9.17) is 0 Å². The fraction of sp³-hybridized carbons (Fsp3) is 0.267. The van der Waals surface area contributed by atoms with Crippen molar-refractivity contribution in [3.05, 3.63) is 54.4 Å². The van der Waals surface area contributed by atoms with Crippen molar-refractivity contribution in [2.75, 3.05) is 23.6 Å². The molecule has 0 fully saturated rings. The number of pyridine rings is 1. The predicted molar refractivity (Wildman–Crippen MR) is 91.3 cm³/mol. The fourth-order valence-electron chi connectivity index (χ4n) is 2.28. The average molecular weight is 370 g/mol. The number of benzene rings is 1. The molecule has 1 aromatic carbocycles. The first-order valence-electron chi connectivity index (χ1n) is 7.05. The lowest BCUT2D eigenvalue weighted by Gasteiger charge is -2.25. The summed E-state index contributed by atoms with van der Waals surface area (Å²) < 4.78 is 55.9. The number of anilines is 1. The van der Waals surface area contributed by atoms with Gasteiger partial charge in [-0.05, 0) is 18.1 Å². The van der Waals surface area contributed by atoms with Gasteiger partial charge >= 0.3 is 0 Å². The van der Waals surface area contributed by atoms with E-state index >= 15 is 0 Å². The van der Waals surface area contributed by atoms with Crippen molar-refractivity contribution in [3.8, 4) is 0 Å². The first-order valence-corrected chi connectivity index (χ1v) is 10.5. The van der Waals surface area contributed by atoms with Crippen LogP contribution in [0.3, 0.4) is 0 Å². The van der Waals surface area contributed by atoms with Crippen LogP contribution in [0.15, 0.2) is 53.7 Å². The molecule has 0 saturated carbocycles. The zero-order valence-corrected chi connectivity index (χ0v) is 14.7. The summed E-state index contributed by atoms with van der Waals surface area (Å²) in [4.78, 5) is 4.69. The largest absolute Gasteiger partial charge is 0.356 e. The number of aromatic nitrogens is 1. The zero-order chi connectivity index (χ0) is 17.8. The summed E-state index contributed by atoms with van der Waals surface area (Å²) in [5.74, 6) is -0.369. The Morgan fingerprint density at radius 3 is 2.33 bits per heavy atom. The highest BCUT2D eigenvalue weighted by atomic mass is 32.2. The van der Waals surface area contributed by atoms with Crippen molar-refractivity contribution < 1.29 is 21.4 Å². The Hall–Kier alpha value is -1.97. The van der Waals surface area contributed by atoms with Crippen LogP contribution in [0.5, 0.6) is 0 Å². The minimum absolute atomic E-state index is 0.105. The summed E-state index contributed by atoms with van der Waals surface area (Å²) in [6.07, 6.45) is 3.94. The summed E-state index contributed by atoms with van der Waals surface area (Å²) in [5.41, 5.74) is 1.09. The molecule has 0 aliphatic heterocycles. The third-order valence-corrected chi connectivity index (χ3v) is 4.94. The van der Waals surface area contributed by atoms with Crippen molar-refractivity contribution in [1.82, 2.24) is 4.98 Å². The van der Waals surface area contributed by atoms with Gasteiger partial charge in [-0.1, -0.05) is 30.3 Å². The number of rotatable bonds is 7. The SMILES string of the molecule is CS(=O)(=O)CN(CCc1ccccc1)c1ccncc1S(=O)(=O)O. The molecule has 0 atom stereocenters. The van der Waals surface area contributed by atoms with Crippen LogP contribution in [-0.4, -0.2) is 45.0 Å². The van der Waals surface area contributed by atoms with E-state index in [1.165, 1.54) is 17.2 Å². The molecular formula is C15H18N2O5S2. The van der Waals surface area contributed by atoms with Crippen molar-refractivity contribution in [3.63, 3.8) is 0 Å². The van der Waals surface area contributed by atoms with Crippen LogP contribution in [0.2, 0.25) is 0 Å². The molecule has 130 valence electrons. The molecule has 0 saturated heterocycles. The summed E-state index contributed by atoms with van der Waals surface area (Å²) in [6.45, 7) is 0.267. The van der Waals surface area contributed by atoms with Crippen LogP contribution in [-0.2, 0) is 26.4 Å². The monoisotopic (exact) mass is 370 g/mol. The van der Waals surface area contributed by atoms with Crippen LogP contribution in [0.4, 0.5) is 5.69 Å². The molecule has 0 aliphatic carbocycles. The molecule has 0 spiro atoms. The van der Waals surface area contributed by atoms with Crippen LogP contribution < -0.4 is 4.90 Å². The van der Waals surface area contributed by atoms with Crippen LogP contribution in [0, 0.1) is 0 Å². The smallest absolute Gasteiger partial charge is 0.298 e. The second-order valence-corrected chi connectivity index (χ2v) is 8.87. The van der Waals surface area contributed by atoms with E-state index in [9.17, 15) is 21.4 Å². The molecule has 0 unspecified atom stereocenters. The summed E-state index contributed by atoms with van der Waals surface area (Å²) in [7, 11) is -7.93. The van der Waals surface area contributed by atoms with Gasteiger partial charge in [0, 0.05) is 19.0 Å². The molecule has 0 bridgehead atoms. The van der Waals surface area contributed by atoms with Gasteiger partial charge in [0.1, 0.15) is 10.8 Å². The van der Waals surface area contributed by atoms with Crippen molar-refractivity contribution in [2.24, 2.45) is 0 Å². The van der Waals surface area contributed by atoms with E-state index < -0.39 is 24.9 Å². The molecule has 0 aliphatic rings. The third kappa shape index (κ3) is 5.29. The Labute approximate surface area is 141 Å². The van der Waals surface area contributed by atoms with Crippen LogP contribution in [0.1, 0.15) is 5.56 Å². The second-order valence-electron chi connectivity index (χ2n) is 5.37. The van der Waals surface area contributed by atoms with E-state index in [0.717, 1.165) is 18.0 Å². The van der Waals surface area contributed by atoms with Gasteiger partial charge < -0.3 is 4.90 Å². The third-order valence-electron chi connectivity index (χ3n) is 3.28. The highest BCUT2D eigenvalue weighted by Crippen LogP contribution is 2.24. The maximum Gasteiger partial charge on any atom is 0.298 e. The Morgan fingerprint density at radius 1 is 1.08 bits per heavy atom. The highest BCUT2D eigenvalue weighted by molar-refractivity contribution is 7.90. The molecule has 2 rings (SSSR count). The number of hydrogen-bond acceptors (Lipinski definition) is 6. The molecule has 0 amide bonds. The number of sulfone groups is 1. The van der Waals surface area contributed by atoms with Gasteiger partial charge in [0.05, 0.1) is 11.9 Å². The van der Waals surface area contributed by atoms with Gasteiger partial charge in [-0.25, -0.2) is 8.42 Å². The average Bonchev–Trinajstić information content (AvgIpc) is 2.50. The van der Waals surface area contributed by atoms with Crippen molar-refractivity contribution in [2.45, 2.75) is 11.3 Å². The lowest BCUT2D eigenvalue weighted by atomic mass is 10.1. The maximum absolute atomic E-state index is 11.7. The van der Waals surface area contributed by atoms with Crippen LogP contribution >= 0.6 is 0 Å². The molecule has 9 heteroatoms. The van der Waals surface area contributed by atoms with Gasteiger partial charge in [0.15, 0.2) is 9.84 Å². The van der Waals surface area contributed by atoms with Gasteiger partial charge in [0.2, 0.25) is 0 Å². The van der Waals surface area contributed by atoms with Gasteiger partial charge in [-0.2, -0.15) is 8.42 Å². The summed E-state index contributed by atoms with van der Waals surface area (Å²) >= 11 is 0. The van der Waals surface area contributed by atoms with Gasteiger partial charge in [-0.15, -0.1) is 0 Å². The summed E-state index contributed by atoms with van der Waals surface area (Å²) in [5, 5.41) is 0. The molecule has 24 heavy (non-hydrogen) atoms.